The van der Waals surface area contributed by atoms with Gasteiger partial charge in [0.15, 0.2) is 18.1 Å². The lowest BCUT2D eigenvalue weighted by Crippen LogP contribution is -2.32. The molecule has 2 N–H and O–H groups in total. The average molecular weight is 669 g/mol. The van der Waals surface area contributed by atoms with Gasteiger partial charge in [-0.3, -0.25) is 29.3 Å². The lowest BCUT2D eigenvalue weighted by Gasteiger charge is -2.30. The number of methoxy groups -OCH3 is 1. The normalized spacial score (nSPS) is 18.5. The molecule has 47 heavy (non-hydrogen) atoms. The third-order valence-electron chi connectivity index (χ3n) is 8.11. The van der Waals surface area contributed by atoms with E-state index < -0.39 is 33.8 Å². The number of aromatic amines is 1. The standard InChI is InChI=1S/C33H24N4O8S2/c1-44-24-15-18(9-14-23(24)45-16-25(38)34-22-8-4-6-17-5-2-3-7-21(17)22)26-27-29(46-30-28(26)47-33(41)35-30)32(40)36(31(27)39)19-10-12-20(13-11-19)37(42)43/h2-15,26-27,29H,16H2,1H3,(H,34,38)(H,35,41)/t26-,27-,29+/m0/s1. The zero-order valence-electron chi connectivity index (χ0n) is 24.5. The van der Waals surface area contributed by atoms with Crippen LogP contribution in [0.3, 0.4) is 0 Å². The molecule has 7 rings (SSSR count). The lowest BCUT2D eigenvalue weighted by atomic mass is 9.83. The zero-order chi connectivity index (χ0) is 32.8. The van der Waals surface area contributed by atoms with Gasteiger partial charge in [0.25, 0.3) is 11.6 Å². The Hall–Kier alpha value is -5.47. The fraction of sp³-hybridized carbons (Fsp3) is 0.152. The molecule has 0 saturated carbocycles. The Labute approximate surface area is 274 Å². The Morgan fingerprint density at radius 1 is 0.979 bits per heavy atom. The van der Waals surface area contributed by atoms with Crippen molar-refractivity contribution in [3.05, 3.63) is 115 Å². The number of thiazole rings is 1. The molecule has 0 spiro atoms. The highest BCUT2D eigenvalue weighted by Gasteiger charge is 2.56. The smallest absolute Gasteiger partial charge is 0.305 e. The lowest BCUT2D eigenvalue weighted by molar-refractivity contribution is -0.384. The Morgan fingerprint density at radius 3 is 2.51 bits per heavy atom. The van der Waals surface area contributed by atoms with Crippen molar-refractivity contribution >= 4 is 68.7 Å². The van der Waals surface area contributed by atoms with Crippen molar-refractivity contribution in [2.24, 2.45) is 5.92 Å². The van der Waals surface area contributed by atoms with E-state index >= 15 is 0 Å². The monoisotopic (exact) mass is 668 g/mol. The number of rotatable bonds is 8. The molecule has 236 valence electrons. The molecule has 12 nitrogen and oxygen atoms in total. The maximum absolute atomic E-state index is 14.0. The van der Waals surface area contributed by atoms with Crippen molar-refractivity contribution in [1.29, 1.82) is 0 Å². The number of hydrogen-bond donors (Lipinski definition) is 2. The van der Waals surface area contributed by atoms with Crippen LogP contribution < -0.4 is 24.6 Å². The van der Waals surface area contributed by atoms with Gasteiger partial charge < -0.3 is 19.8 Å². The predicted octanol–water partition coefficient (Wildman–Crippen LogP) is 5.32. The molecule has 3 atom stereocenters. The summed E-state index contributed by atoms with van der Waals surface area (Å²) < 4.78 is 11.5. The molecular formula is C33H24N4O8S2. The Bertz CT molecular complexity index is 2140. The van der Waals surface area contributed by atoms with E-state index in [0.717, 1.165) is 38.8 Å². The number of amides is 3. The number of nitrogens with zero attached hydrogens (tertiary/aromatic N) is 2. The largest absolute Gasteiger partial charge is 0.493 e. The van der Waals surface area contributed by atoms with Gasteiger partial charge in [-0.05, 0) is 41.3 Å². The van der Waals surface area contributed by atoms with Crippen molar-refractivity contribution in [3.8, 4) is 11.5 Å². The predicted molar refractivity (Wildman–Crippen MR) is 177 cm³/mol. The number of nitro benzene ring substituents is 1. The quantitative estimate of drug-likeness (QED) is 0.127. The number of aromatic nitrogens is 1. The summed E-state index contributed by atoms with van der Waals surface area (Å²) in [7, 11) is 1.45. The van der Waals surface area contributed by atoms with E-state index in [2.05, 4.69) is 10.3 Å². The van der Waals surface area contributed by atoms with Crippen LogP contribution in [0.2, 0.25) is 0 Å². The number of carbonyl (C=O) groups is 3. The first-order valence-corrected chi connectivity index (χ1v) is 16.0. The maximum atomic E-state index is 14.0. The molecule has 2 aliphatic heterocycles. The minimum atomic E-state index is -0.871. The van der Waals surface area contributed by atoms with E-state index in [0.29, 0.717) is 26.9 Å². The number of anilines is 2. The van der Waals surface area contributed by atoms with Crippen molar-refractivity contribution in [2.45, 2.75) is 16.2 Å². The van der Waals surface area contributed by atoms with Crippen molar-refractivity contribution in [1.82, 2.24) is 4.98 Å². The van der Waals surface area contributed by atoms with Crippen molar-refractivity contribution in [2.75, 3.05) is 23.9 Å². The molecule has 2 aliphatic rings. The van der Waals surface area contributed by atoms with Gasteiger partial charge in [0.1, 0.15) is 5.25 Å². The topological polar surface area (TPSA) is 161 Å². The third kappa shape index (κ3) is 5.40. The molecule has 0 bridgehead atoms. The van der Waals surface area contributed by atoms with Crippen molar-refractivity contribution < 1.29 is 28.8 Å². The van der Waals surface area contributed by atoms with Crippen LogP contribution in [0, 0.1) is 16.0 Å². The van der Waals surface area contributed by atoms with Gasteiger partial charge in [-0.15, -0.1) is 0 Å². The van der Waals surface area contributed by atoms with Crippen LogP contribution in [0.1, 0.15) is 16.4 Å². The number of carbonyl (C=O) groups excluding carboxylic acids is 3. The number of ether oxygens (including phenoxy) is 2. The highest BCUT2D eigenvalue weighted by atomic mass is 32.2. The number of fused-ring (bicyclic) bond motifs is 3. The minimum absolute atomic E-state index is 0.169. The molecule has 0 aliphatic carbocycles. The van der Waals surface area contributed by atoms with E-state index in [1.165, 1.54) is 31.4 Å². The van der Waals surface area contributed by atoms with Gasteiger partial charge >= 0.3 is 4.87 Å². The van der Waals surface area contributed by atoms with E-state index in [1.54, 1.807) is 18.2 Å². The van der Waals surface area contributed by atoms with E-state index in [-0.39, 0.29) is 34.5 Å². The van der Waals surface area contributed by atoms with Gasteiger partial charge in [-0.25, -0.2) is 4.90 Å². The van der Waals surface area contributed by atoms with Gasteiger partial charge in [-0.1, -0.05) is 65.6 Å². The number of nitro groups is 1. The molecule has 1 saturated heterocycles. The summed E-state index contributed by atoms with van der Waals surface area (Å²) in [5.74, 6) is -2.31. The molecule has 0 unspecified atom stereocenters. The first-order chi connectivity index (χ1) is 22.7. The molecule has 4 aromatic carbocycles. The fourth-order valence-corrected chi connectivity index (χ4v) is 8.53. The van der Waals surface area contributed by atoms with Crippen LogP contribution in [-0.4, -0.2) is 46.6 Å². The molecule has 3 heterocycles. The summed E-state index contributed by atoms with van der Waals surface area (Å²) in [5, 5.41) is 15.6. The summed E-state index contributed by atoms with van der Waals surface area (Å²) in [6.07, 6.45) is 0. The number of hydrogen-bond acceptors (Lipinski definition) is 10. The zero-order valence-corrected chi connectivity index (χ0v) is 26.1. The molecule has 1 aromatic heterocycles. The number of nitrogens with one attached hydrogen (secondary N) is 2. The second-order valence-electron chi connectivity index (χ2n) is 10.8. The van der Waals surface area contributed by atoms with Gasteiger partial charge in [0.05, 0.1) is 28.7 Å². The second kappa shape index (κ2) is 12.0. The number of H-pyrrole nitrogens is 1. The summed E-state index contributed by atoms with van der Waals surface area (Å²) in [6.45, 7) is -0.301. The van der Waals surface area contributed by atoms with Gasteiger partial charge in [0, 0.05) is 34.0 Å². The molecule has 0 radical (unpaired) electrons. The fourth-order valence-electron chi connectivity index (χ4n) is 6.01. The third-order valence-corrected chi connectivity index (χ3v) is 10.5. The number of thioether (sulfide) groups is 1. The Kier molecular flexibility index (Phi) is 7.74. The van der Waals surface area contributed by atoms with Crippen LogP contribution in [0.5, 0.6) is 11.5 Å². The summed E-state index contributed by atoms with van der Waals surface area (Å²) in [6, 6.07) is 23.6. The molecular weight excluding hydrogens is 645 g/mol. The summed E-state index contributed by atoms with van der Waals surface area (Å²) in [5.41, 5.74) is 1.31. The Balaban J connectivity index is 1.16. The highest BCUT2D eigenvalue weighted by Crippen LogP contribution is 2.53. The minimum Gasteiger partial charge on any atom is -0.493 e. The maximum Gasteiger partial charge on any atom is 0.305 e. The number of imide groups is 1. The van der Waals surface area contributed by atoms with E-state index in [4.69, 9.17) is 9.47 Å². The van der Waals surface area contributed by atoms with Crippen LogP contribution in [0.15, 0.2) is 94.7 Å². The molecule has 14 heteroatoms. The van der Waals surface area contributed by atoms with Gasteiger partial charge in [-0.2, -0.15) is 0 Å². The van der Waals surface area contributed by atoms with Gasteiger partial charge in [0.2, 0.25) is 11.8 Å². The summed E-state index contributed by atoms with van der Waals surface area (Å²) >= 11 is 2.09. The van der Waals surface area contributed by atoms with Crippen LogP contribution >= 0.6 is 23.1 Å². The molecule has 5 aromatic rings. The van der Waals surface area contributed by atoms with Crippen LogP contribution in [0.25, 0.3) is 10.8 Å². The van der Waals surface area contributed by atoms with Crippen LogP contribution in [0.4, 0.5) is 17.1 Å². The first kappa shape index (κ1) is 30.2. The second-order valence-corrected chi connectivity index (χ2v) is 13.0. The highest BCUT2D eigenvalue weighted by molar-refractivity contribution is 8.00. The first-order valence-electron chi connectivity index (χ1n) is 14.3. The Morgan fingerprint density at radius 2 is 1.74 bits per heavy atom. The molecule has 3 amide bonds. The van der Waals surface area contributed by atoms with Crippen LogP contribution in [-0.2, 0) is 14.4 Å². The van der Waals surface area contributed by atoms with E-state index in [9.17, 15) is 29.3 Å². The van der Waals surface area contributed by atoms with E-state index in [1.807, 2.05) is 42.5 Å². The number of non-ortho nitro benzene ring substituents is 1. The summed E-state index contributed by atoms with van der Waals surface area (Å²) in [4.78, 5) is 67.7. The molecule has 1 fully saturated rings. The van der Waals surface area contributed by atoms with Crippen molar-refractivity contribution in [3.63, 3.8) is 0 Å². The average Bonchev–Trinajstić information content (AvgIpc) is 3.57. The number of benzene rings is 4. The SMILES string of the molecule is COc1cc([C@@H]2c3sc(=O)[nH]c3S[C@H]3C(=O)N(c4ccc([N+](=O)[O-])cc4)C(=O)[C@@H]23)ccc1OCC(=O)Nc1cccc2ccccc12.